The smallest absolute Gasteiger partial charge is 0.161 e. The minimum Gasteiger partial charge on any atom is -0.398 e. The second-order valence-electron chi connectivity index (χ2n) is 4.96. The third-order valence-corrected chi connectivity index (χ3v) is 3.56. The monoisotopic (exact) mass is 248 g/mol. The molecule has 0 aliphatic carbocycles. The van der Waals surface area contributed by atoms with E-state index in [1.807, 2.05) is 12.1 Å². The van der Waals surface area contributed by atoms with Crippen LogP contribution in [0.5, 0.6) is 0 Å². The average Bonchev–Trinajstić information content (AvgIpc) is 2.38. The first-order chi connectivity index (χ1) is 8.61. The molecule has 98 valence electrons. The molecule has 0 spiro atoms. The summed E-state index contributed by atoms with van der Waals surface area (Å²) in [4.78, 5) is 13.6. The van der Waals surface area contributed by atoms with Gasteiger partial charge in [0.25, 0.3) is 0 Å². The van der Waals surface area contributed by atoms with E-state index in [-0.39, 0.29) is 12.4 Å². The third kappa shape index (κ3) is 2.64. The first-order valence-electron chi connectivity index (χ1n) is 6.38. The predicted octanol–water partition coefficient (Wildman–Crippen LogP) is 1.68. The summed E-state index contributed by atoms with van der Waals surface area (Å²) >= 11 is 0. The van der Waals surface area contributed by atoms with Crippen LogP contribution in [0.3, 0.4) is 0 Å². The number of nitrogen functional groups attached to an aromatic ring is 1. The lowest BCUT2D eigenvalue weighted by molar-refractivity contribution is 0.101. The summed E-state index contributed by atoms with van der Waals surface area (Å²) in [5.41, 5.74) is 8.05. The van der Waals surface area contributed by atoms with Gasteiger partial charge in [-0.3, -0.25) is 4.79 Å². The summed E-state index contributed by atoms with van der Waals surface area (Å²) in [5.74, 6) is 0.332. The lowest BCUT2D eigenvalue weighted by Gasteiger charge is -2.33. The molecule has 1 aliphatic heterocycles. The van der Waals surface area contributed by atoms with Crippen LogP contribution in [0.1, 0.15) is 30.1 Å². The van der Waals surface area contributed by atoms with E-state index in [9.17, 15) is 9.90 Å². The van der Waals surface area contributed by atoms with Crippen molar-refractivity contribution in [3.63, 3.8) is 0 Å². The molecule has 0 aromatic heterocycles. The van der Waals surface area contributed by atoms with Gasteiger partial charge in [-0.25, -0.2) is 0 Å². The van der Waals surface area contributed by atoms with Gasteiger partial charge in [0, 0.05) is 36.6 Å². The van der Waals surface area contributed by atoms with E-state index in [4.69, 9.17) is 5.73 Å². The van der Waals surface area contributed by atoms with Gasteiger partial charge in [-0.15, -0.1) is 0 Å². The van der Waals surface area contributed by atoms with Crippen LogP contribution in [0.4, 0.5) is 11.4 Å². The molecule has 4 nitrogen and oxygen atoms in total. The lowest BCUT2D eigenvalue weighted by Crippen LogP contribution is -2.36. The molecule has 1 aromatic carbocycles. The number of carbonyl (C=O) groups is 1. The van der Waals surface area contributed by atoms with Gasteiger partial charge in [0.05, 0.1) is 0 Å². The molecule has 18 heavy (non-hydrogen) atoms. The van der Waals surface area contributed by atoms with Crippen LogP contribution < -0.4 is 10.6 Å². The number of carbonyl (C=O) groups excluding carboxylic acids is 1. The number of aliphatic hydroxyl groups excluding tert-OH is 1. The zero-order valence-corrected chi connectivity index (χ0v) is 10.7. The van der Waals surface area contributed by atoms with E-state index in [2.05, 4.69) is 4.90 Å². The molecule has 0 amide bonds. The number of aliphatic hydroxyl groups is 1. The molecule has 1 heterocycles. The molecular weight excluding hydrogens is 228 g/mol. The first-order valence-corrected chi connectivity index (χ1v) is 6.38. The molecule has 1 aliphatic rings. The van der Waals surface area contributed by atoms with Crippen molar-refractivity contribution in [3.05, 3.63) is 23.8 Å². The number of anilines is 2. The number of Topliss-reactive ketones (excluding diaryl/α,β-unsaturated/α-hetero) is 1. The number of benzene rings is 1. The summed E-state index contributed by atoms with van der Waals surface area (Å²) in [6, 6.07) is 5.58. The Morgan fingerprint density at radius 2 is 2.33 bits per heavy atom. The van der Waals surface area contributed by atoms with Gasteiger partial charge in [-0.05, 0) is 43.9 Å². The van der Waals surface area contributed by atoms with Crippen LogP contribution in [-0.2, 0) is 0 Å². The maximum Gasteiger partial charge on any atom is 0.161 e. The summed E-state index contributed by atoms with van der Waals surface area (Å²) in [7, 11) is 0. The SMILES string of the molecule is CC(=O)c1ccc(N2CCCC(CO)C2)cc1N. The van der Waals surface area contributed by atoms with Crippen LogP contribution in [0, 0.1) is 5.92 Å². The van der Waals surface area contributed by atoms with Crippen molar-refractivity contribution in [2.75, 3.05) is 30.3 Å². The Morgan fingerprint density at radius 1 is 1.56 bits per heavy atom. The van der Waals surface area contributed by atoms with Crippen molar-refractivity contribution in [3.8, 4) is 0 Å². The highest BCUT2D eigenvalue weighted by Gasteiger charge is 2.20. The lowest BCUT2D eigenvalue weighted by atomic mass is 9.98. The summed E-state index contributed by atoms with van der Waals surface area (Å²) in [5, 5.41) is 9.23. The van der Waals surface area contributed by atoms with E-state index >= 15 is 0 Å². The van der Waals surface area contributed by atoms with Gasteiger partial charge < -0.3 is 15.7 Å². The Hall–Kier alpha value is -1.55. The Bertz CT molecular complexity index is 445. The van der Waals surface area contributed by atoms with Crippen LogP contribution >= 0.6 is 0 Å². The standard InChI is InChI=1S/C14H20N2O2/c1-10(18)13-5-4-12(7-14(13)15)16-6-2-3-11(8-16)9-17/h4-5,7,11,17H,2-3,6,8-9,15H2,1H3. The zero-order chi connectivity index (χ0) is 13.1. The molecule has 2 rings (SSSR count). The van der Waals surface area contributed by atoms with Crippen LogP contribution in [0.15, 0.2) is 18.2 Å². The van der Waals surface area contributed by atoms with Crippen LogP contribution in [0.25, 0.3) is 0 Å². The van der Waals surface area contributed by atoms with Gasteiger partial charge in [0.2, 0.25) is 0 Å². The maximum atomic E-state index is 11.3. The fraction of sp³-hybridized carbons (Fsp3) is 0.500. The minimum atomic E-state index is -0.00840. The molecule has 1 aromatic rings. The zero-order valence-electron chi connectivity index (χ0n) is 10.7. The highest BCUT2D eigenvalue weighted by atomic mass is 16.3. The molecule has 1 unspecified atom stereocenters. The van der Waals surface area contributed by atoms with E-state index < -0.39 is 0 Å². The summed E-state index contributed by atoms with van der Waals surface area (Å²) in [6.45, 7) is 3.59. The van der Waals surface area contributed by atoms with Gasteiger partial charge in [-0.2, -0.15) is 0 Å². The highest BCUT2D eigenvalue weighted by Crippen LogP contribution is 2.26. The largest absolute Gasteiger partial charge is 0.398 e. The second kappa shape index (κ2) is 5.40. The van der Waals surface area contributed by atoms with Crippen LogP contribution in [-0.4, -0.2) is 30.6 Å². The van der Waals surface area contributed by atoms with Gasteiger partial charge >= 0.3 is 0 Å². The normalized spacial score (nSPS) is 19.9. The number of nitrogens with zero attached hydrogens (tertiary/aromatic N) is 1. The van der Waals surface area contributed by atoms with Crippen molar-refractivity contribution in [1.29, 1.82) is 0 Å². The molecule has 0 saturated carbocycles. The molecule has 4 heteroatoms. The Balaban J connectivity index is 2.18. The fourth-order valence-corrected chi connectivity index (χ4v) is 2.52. The number of rotatable bonds is 3. The quantitative estimate of drug-likeness (QED) is 0.631. The van der Waals surface area contributed by atoms with E-state index in [1.165, 1.54) is 6.92 Å². The molecular formula is C14H20N2O2. The number of hydrogen-bond acceptors (Lipinski definition) is 4. The van der Waals surface area contributed by atoms with Crippen molar-refractivity contribution in [2.24, 2.45) is 5.92 Å². The molecule has 1 fully saturated rings. The van der Waals surface area contributed by atoms with E-state index in [1.54, 1.807) is 6.07 Å². The topological polar surface area (TPSA) is 66.6 Å². The number of ketones is 1. The summed E-state index contributed by atoms with van der Waals surface area (Å²) in [6.07, 6.45) is 2.16. The minimum absolute atomic E-state index is 0.00840. The molecule has 0 radical (unpaired) electrons. The second-order valence-corrected chi connectivity index (χ2v) is 4.96. The predicted molar refractivity (Wildman–Crippen MR) is 72.9 cm³/mol. The van der Waals surface area contributed by atoms with Gasteiger partial charge in [0.15, 0.2) is 5.78 Å². The first kappa shape index (κ1) is 12.9. The molecule has 0 bridgehead atoms. The van der Waals surface area contributed by atoms with Crippen LogP contribution in [0.2, 0.25) is 0 Å². The number of hydrogen-bond donors (Lipinski definition) is 2. The highest BCUT2D eigenvalue weighted by molar-refractivity contribution is 5.99. The Kier molecular flexibility index (Phi) is 3.87. The molecule has 1 atom stereocenters. The van der Waals surface area contributed by atoms with Crippen molar-refractivity contribution in [2.45, 2.75) is 19.8 Å². The van der Waals surface area contributed by atoms with Gasteiger partial charge in [0.1, 0.15) is 0 Å². The van der Waals surface area contributed by atoms with Crippen molar-refractivity contribution < 1.29 is 9.90 Å². The number of nitrogens with two attached hydrogens (primary N) is 1. The van der Waals surface area contributed by atoms with Crippen molar-refractivity contribution >= 4 is 17.2 Å². The van der Waals surface area contributed by atoms with Gasteiger partial charge in [-0.1, -0.05) is 0 Å². The average molecular weight is 248 g/mol. The number of piperidine rings is 1. The fourth-order valence-electron chi connectivity index (χ4n) is 2.52. The molecule has 1 saturated heterocycles. The van der Waals surface area contributed by atoms with E-state index in [0.717, 1.165) is 31.6 Å². The summed E-state index contributed by atoms with van der Waals surface area (Å²) < 4.78 is 0. The molecule has 3 N–H and O–H groups in total. The Morgan fingerprint density at radius 3 is 2.94 bits per heavy atom. The van der Waals surface area contributed by atoms with Crippen molar-refractivity contribution in [1.82, 2.24) is 0 Å². The Labute approximate surface area is 107 Å². The maximum absolute atomic E-state index is 11.3. The third-order valence-electron chi connectivity index (χ3n) is 3.56. The van der Waals surface area contributed by atoms with E-state index in [0.29, 0.717) is 17.2 Å².